The first kappa shape index (κ1) is 12.7. The summed E-state index contributed by atoms with van der Waals surface area (Å²) in [5.74, 6) is 0.839. The molecule has 0 amide bonds. The van der Waals surface area contributed by atoms with Crippen LogP contribution in [0.4, 0.5) is 0 Å². The van der Waals surface area contributed by atoms with Crippen LogP contribution in [-0.2, 0) is 6.54 Å². The minimum absolute atomic E-state index is 0.694. The second kappa shape index (κ2) is 5.27. The standard InChI is InChI=1S/C15H19N3/c1-10-5-6-13(7-11(10)2)14-8-12(3)17-15(18-14)9-16-4/h5-8,16H,9H2,1-4H3. The predicted molar refractivity (Wildman–Crippen MR) is 74.4 cm³/mol. The third-order valence-electron chi connectivity index (χ3n) is 3.04. The van der Waals surface area contributed by atoms with Crippen molar-refractivity contribution in [2.75, 3.05) is 7.05 Å². The molecule has 0 spiro atoms. The van der Waals surface area contributed by atoms with E-state index in [1.165, 1.54) is 11.1 Å². The lowest BCUT2D eigenvalue weighted by Gasteiger charge is -2.08. The molecular formula is C15H19N3. The van der Waals surface area contributed by atoms with E-state index >= 15 is 0 Å². The van der Waals surface area contributed by atoms with Gasteiger partial charge in [0.2, 0.25) is 0 Å². The third-order valence-corrected chi connectivity index (χ3v) is 3.04. The van der Waals surface area contributed by atoms with Gasteiger partial charge in [0.15, 0.2) is 0 Å². The van der Waals surface area contributed by atoms with E-state index in [1.54, 1.807) is 0 Å². The summed E-state index contributed by atoms with van der Waals surface area (Å²) in [6, 6.07) is 8.47. The van der Waals surface area contributed by atoms with Crippen LogP contribution in [0.25, 0.3) is 11.3 Å². The Morgan fingerprint density at radius 3 is 2.44 bits per heavy atom. The summed E-state index contributed by atoms with van der Waals surface area (Å²) in [5.41, 5.74) is 5.75. The largest absolute Gasteiger partial charge is 0.313 e. The van der Waals surface area contributed by atoms with Crippen LogP contribution in [0.3, 0.4) is 0 Å². The van der Waals surface area contributed by atoms with E-state index in [4.69, 9.17) is 0 Å². The van der Waals surface area contributed by atoms with E-state index in [0.29, 0.717) is 6.54 Å². The molecule has 2 aromatic rings. The smallest absolute Gasteiger partial charge is 0.143 e. The van der Waals surface area contributed by atoms with E-state index in [2.05, 4.69) is 47.3 Å². The summed E-state index contributed by atoms with van der Waals surface area (Å²) in [6.07, 6.45) is 0. The van der Waals surface area contributed by atoms with Crippen LogP contribution in [0.2, 0.25) is 0 Å². The molecule has 0 radical (unpaired) electrons. The third kappa shape index (κ3) is 2.74. The molecule has 0 fully saturated rings. The first-order valence-corrected chi connectivity index (χ1v) is 6.17. The van der Waals surface area contributed by atoms with Gasteiger partial charge in [-0.05, 0) is 51.1 Å². The molecule has 0 unspecified atom stereocenters. The maximum atomic E-state index is 4.59. The lowest BCUT2D eigenvalue weighted by Crippen LogP contribution is -2.10. The summed E-state index contributed by atoms with van der Waals surface area (Å²) >= 11 is 0. The van der Waals surface area contributed by atoms with E-state index in [-0.39, 0.29) is 0 Å². The first-order chi connectivity index (χ1) is 8.60. The summed E-state index contributed by atoms with van der Waals surface area (Å²) in [5, 5.41) is 3.09. The summed E-state index contributed by atoms with van der Waals surface area (Å²) in [6.45, 7) is 6.95. The maximum absolute atomic E-state index is 4.59. The van der Waals surface area contributed by atoms with E-state index in [1.807, 2.05) is 20.0 Å². The lowest BCUT2D eigenvalue weighted by atomic mass is 10.0. The van der Waals surface area contributed by atoms with Gasteiger partial charge < -0.3 is 5.32 Å². The zero-order valence-electron chi connectivity index (χ0n) is 11.4. The van der Waals surface area contributed by atoms with Crippen molar-refractivity contribution in [1.82, 2.24) is 15.3 Å². The Morgan fingerprint density at radius 2 is 1.78 bits per heavy atom. The Balaban J connectivity index is 2.46. The van der Waals surface area contributed by atoms with Crippen LogP contribution in [0, 0.1) is 20.8 Å². The number of benzene rings is 1. The van der Waals surface area contributed by atoms with Crippen molar-refractivity contribution in [1.29, 1.82) is 0 Å². The fourth-order valence-electron chi connectivity index (χ4n) is 1.92. The number of hydrogen-bond acceptors (Lipinski definition) is 3. The zero-order chi connectivity index (χ0) is 13.1. The number of hydrogen-bond donors (Lipinski definition) is 1. The number of rotatable bonds is 3. The highest BCUT2D eigenvalue weighted by atomic mass is 15.0. The minimum Gasteiger partial charge on any atom is -0.313 e. The molecule has 18 heavy (non-hydrogen) atoms. The van der Waals surface area contributed by atoms with Crippen LogP contribution in [-0.4, -0.2) is 17.0 Å². The van der Waals surface area contributed by atoms with Gasteiger partial charge in [0, 0.05) is 11.3 Å². The Hall–Kier alpha value is -1.74. The van der Waals surface area contributed by atoms with Crippen molar-refractivity contribution >= 4 is 0 Å². The number of nitrogens with one attached hydrogen (secondary N) is 1. The highest BCUT2D eigenvalue weighted by Crippen LogP contribution is 2.21. The maximum Gasteiger partial charge on any atom is 0.143 e. The molecule has 3 heteroatoms. The van der Waals surface area contributed by atoms with Crippen LogP contribution in [0.15, 0.2) is 24.3 Å². The molecule has 0 saturated carbocycles. The summed E-state index contributed by atoms with van der Waals surface area (Å²) < 4.78 is 0. The minimum atomic E-state index is 0.694. The number of aromatic nitrogens is 2. The van der Waals surface area contributed by atoms with Gasteiger partial charge in [0.25, 0.3) is 0 Å². The quantitative estimate of drug-likeness (QED) is 0.898. The van der Waals surface area contributed by atoms with E-state index in [0.717, 1.165) is 22.8 Å². The molecule has 1 N–H and O–H groups in total. The van der Waals surface area contributed by atoms with Gasteiger partial charge in [-0.25, -0.2) is 9.97 Å². The van der Waals surface area contributed by atoms with Crippen molar-refractivity contribution in [3.63, 3.8) is 0 Å². The monoisotopic (exact) mass is 241 g/mol. The van der Waals surface area contributed by atoms with Crippen molar-refractivity contribution in [3.8, 4) is 11.3 Å². The SMILES string of the molecule is CNCc1nc(C)cc(-c2ccc(C)c(C)c2)n1. The van der Waals surface area contributed by atoms with Gasteiger partial charge in [0.05, 0.1) is 12.2 Å². The molecule has 3 nitrogen and oxygen atoms in total. The summed E-state index contributed by atoms with van der Waals surface area (Å²) in [7, 11) is 1.90. The van der Waals surface area contributed by atoms with Gasteiger partial charge in [-0.3, -0.25) is 0 Å². The molecule has 0 aliphatic heterocycles. The Labute approximate surface area is 108 Å². The fourth-order valence-corrected chi connectivity index (χ4v) is 1.92. The van der Waals surface area contributed by atoms with Crippen LogP contribution < -0.4 is 5.32 Å². The second-order valence-corrected chi connectivity index (χ2v) is 4.64. The average molecular weight is 241 g/mol. The molecule has 0 saturated heterocycles. The van der Waals surface area contributed by atoms with E-state index in [9.17, 15) is 0 Å². The van der Waals surface area contributed by atoms with Gasteiger partial charge >= 0.3 is 0 Å². The Kier molecular flexibility index (Phi) is 3.72. The first-order valence-electron chi connectivity index (χ1n) is 6.17. The second-order valence-electron chi connectivity index (χ2n) is 4.64. The Morgan fingerprint density at radius 1 is 1.00 bits per heavy atom. The van der Waals surface area contributed by atoms with Crippen molar-refractivity contribution in [2.24, 2.45) is 0 Å². The van der Waals surface area contributed by atoms with Crippen molar-refractivity contribution in [2.45, 2.75) is 27.3 Å². The van der Waals surface area contributed by atoms with E-state index < -0.39 is 0 Å². The van der Waals surface area contributed by atoms with Gasteiger partial charge in [-0.2, -0.15) is 0 Å². The number of aryl methyl sites for hydroxylation is 3. The normalized spacial score (nSPS) is 10.7. The van der Waals surface area contributed by atoms with Gasteiger partial charge in [-0.1, -0.05) is 12.1 Å². The zero-order valence-corrected chi connectivity index (χ0v) is 11.4. The Bertz CT molecular complexity index is 562. The molecule has 1 heterocycles. The van der Waals surface area contributed by atoms with Crippen LogP contribution >= 0.6 is 0 Å². The number of nitrogens with zero attached hydrogens (tertiary/aromatic N) is 2. The highest BCUT2D eigenvalue weighted by molar-refractivity contribution is 5.61. The van der Waals surface area contributed by atoms with Crippen molar-refractivity contribution in [3.05, 3.63) is 46.9 Å². The highest BCUT2D eigenvalue weighted by Gasteiger charge is 2.05. The topological polar surface area (TPSA) is 37.8 Å². The molecule has 0 aliphatic carbocycles. The molecule has 1 aromatic heterocycles. The van der Waals surface area contributed by atoms with Gasteiger partial charge in [0.1, 0.15) is 5.82 Å². The molecule has 0 aliphatic rings. The molecule has 1 aromatic carbocycles. The van der Waals surface area contributed by atoms with Crippen LogP contribution in [0.1, 0.15) is 22.6 Å². The molecule has 0 bridgehead atoms. The molecule has 94 valence electrons. The molecular weight excluding hydrogens is 222 g/mol. The lowest BCUT2D eigenvalue weighted by molar-refractivity contribution is 0.754. The van der Waals surface area contributed by atoms with Gasteiger partial charge in [-0.15, -0.1) is 0 Å². The average Bonchev–Trinajstić information content (AvgIpc) is 2.32. The molecule has 0 atom stereocenters. The molecule has 2 rings (SSSR count). The summed E-state index contributed by atoms with van der Waals surface area (Å²) in [4.78, 5) is 9.01. The van der Waals surface area contributed by atoms with Crippen LogP contribution in [0.5, 0.6) is 0 Å². The van der Waals surface area contributed by atoms with Crippen molar-refractivity contribution < 1.29 is 0 Å². The fraction of sp³-hybridized carbons (Fsp3) is 0.333. The predicted octanol–water partition coefficient (Wildman–Crippen LogP) is 2.79.